The fraction of sp³-hybridized carbons (Fsp3) is 0.818. The number of aliphatic carboxylic acids is 1. The second-order valence-corrected chi connectivity index (χ2v) is 5.29. The summed E-state index contributed by atoms with van der Waals surface area (Å²) in [5, 5.41) is 11.5. The van der Waals surface area contributed by atoms with E-state index >= 15 is 0 Å². The minimum Gasteiger partial charge on any atom is -0.480 e. The van der Waals surface area contributed by atoms with Gasteiger partial charge in [0.2, 0.25) is 5.91 Å². The average molecular weight is 213 g/mol. The topological polar surface area (TPSA) is 66.4 Å². The summed E-state index contributed by atoms with van der Waals surface area (Å²) >= 11 is 0. The van der Waals surface area contributed by atoms with E-state index in [1.807, 2.05) is 0 Å². The summed E-state index contributed by atoms with van der Waals surface area (Å²) in [6, 6.07) is -0.718. The van der Waals surface area contributed by atoms with E-state index < -0.39 is 17.4 Å². The van der Waals surface area contributed by atoms with Crippen LogP contribution in [0.1, 0.15) is 40.0 Å². The molecule has 0 aliphatic heterocycles. The van der Waals surface area contributed by atoms with E-state index in [9.17, 15) is 9.59 Å². The van der Waals surface area contributed by atoms with Gasteiger partial charge in [0.05, 0.1) is 0 Å². The zero-order valence-corrected chi connectivity index (χ0v) is 9.54. The highest BCUT2D eigenvalue weighted by Gasteiger charge is 2.32. The van der Waals surface area contributed by atoms with Gasteiger partial charge in [-0.1, -0.05) is 33.6 Å². The van der Waals surface area contributed by atoms with Gasteiger partial charge in [-0.3, -0.25) is 4.79 Å². The number of carbonyl (C=O) groups excluding carboxylic acids is 1. The third-order valence-corrected chi connectivity index (χ3v) is 2.55. The summed E-state index contributed by atoms with van der Waals surface area (Å²) in [6.45, 7) is 5.33. The molecule has 1 amide bonds. The lowest BCUT2D eigenvalue weighted by atomic mass is 9.95. The van der Waals surface area contributed by atoms with Crippen LogP contribution >= 0.6 is 0 Å². The SMILES string of the molecule is CC(C)(C)C(=O)N[C@@H](CC1CC1)C(=O)O. The molecule has 0 bridgehead atoms. The Bertz CT molecular complexity index is 263. The summed E-state index contributed by atoms with van der Waals surface area (Å²) in [5.41, 5.74) is -0.531. The quantitative estimate of drug-likeness (QED) is 0.741. The highest BCUT2D eigenvalue weighted by molar-refractivity contribution is 5.86. The number of rotatable bonds is 4. The van der Waals surface area contributed by atoms with Gasteiger partial charge in [0.1, 0.15) is 6.04 Å². The summed E-state index contributed by atoms with van der Waals surface area (Å²) in [5.74, 6) is -0.638. The lowest BCUT2D eigenvalue weighted by Gasteiger charge is -2.21. The van der Waals surface area contributed by atoms with Gasteiger partial charge < -0.3 is 10.4 Å². The first-order valence-corrected chi connectivity index (χ1v) is 5.34. The van der Waals surface area contributed by atoms with Crippen molar-refractivity contribution in [3.63, 3.8) is 0 Å². The van der Waals surface area contributed by atoms with Crippen LogP contribution in [-0.2, 0) is 9.59 Å². The molecule has 0 unspecified atom stereocenters. The molecule has 1 atom stereocenters. The van der Waals surface area contributed by atoms with Crippen molar-refractivity contribution in [2.24, 2.45) is 11.3 Å². The Balaban J connectivity index is 2.50. The van der Waals surface area contributed by atoms with E-state index in [0.717, 1.165) is 12.8 Å². The monoisotopic (exact) mass is 213 g/mol. The molecule has 1 fully saturated rings. The van der Waals surface area contributed by atoms with Crippen LogP contribution in [0.2, 0.25) is 0 Å². The number of hydrogen-bond donors (Lipinski definition) is 2. The van der Waals surface area contributed by atoms with Crippen molar-refractivity contribution in [1.29, 1.82) is 0 Å². The molecular weight excluding hydrogens is 194 g/mol. The second kappa shape index (κ2) is 4.21. The summed E-state index contributed by atoms with van der Waals surface area (Å²) in [6.07, 6.45) is 2.75. The maximum atomic E-state index is 11.6. The molecule has 1 saturated carbocycles. The van der Waals surface area contributed by atoms with Crippen molar-refractivity contribution in [3.8, 4) is 0 Å². The molecule has 86 valence electrons. The predicted octanol–water partition coefficient (Wildman–Crippen LogP) is 1.40. The molecule has 1 rings (SSSR count). The Morgan fingerprint density at radius 3 is 2.27 bits per heavy atom. The average Bonchev–Trinajstić information content (AvgIpc) is 2.84. The predicted molar refractivity (Wildman–Crippen MR) is 56.4 cm³/mol. The molecule has 4 nitrogen and oxygen atoms in total. The van der Waals surface area contributed by atoms with Crippen molar-refractivity contribution >= 4 is 11.9 Å². The third kappa shape index (κ3) is 3.90. The van der Waals surface area contributed by atoms with Gasteiger partial charge in [-0.25, -0.2) is 4.79 Å². The zero-order chi connectivity index (χ0) is 11.6. The molecule has 0 aromatic rings. The Kier molecular flexibility index (Phi) is 3.37. The molecule has 0 spiro atoms. The molecule has 0 aromatic heterocycles. The number of carboxylic acid groups (broad SMARTS) is 1. The maximum absolute atomic E-state index is 11.6. The molecule has 15 heavy (non-hydrogen) atoms. The molecule has 0 radical (unpaired) electrons. The zero-order valence-electron chi connectivity index (χ0n) is 9.54. The molecule has 1 aliphatic carbocycles. The lowest BCUT2D eigenvalue weighted by Crippen LogP contribution is -2.45. The van der Waals surface area contributed by atoms with Gasteiger partial charge in [0.25, 0.3) is 0 Å². The van der Waals surface area contributed by atoms with E-state index in [2.05, 4.69) is 5.32 Å². The van der Waals surface area contributed by atoms with Gasteiger partial charge in [-0.05, 0) is 12.3 Å². The molecule has 0 saturated heterocycles. The number of nitrogens with one attached hydrogen (secondary N) is 1. The summed E-state index contributed by atoms with van der Waals surface area (Å²) < 4.78 is 0. The van der Waals surface area contributed by atoms with Crippen LogP contribution in [0.15, 0.2) is 0 Å². The minimum atomic E-state index is -0.931. The second-order valence-electron chi connectivity index (χ2n) is 5.29. The molecule has 0 heterocycles. The van der Waals surface area contributed by atoms with E-state index in [1.54, 1.807) is 20.8 Å². The summed E-state index contributed by atoms with van der Waals surface area (Å²) in [4.78, 5) is 22.5. The molecule has 4 heteroatoms. The molecule has 0 aromatic carbocycles. The van der Waals surface area contributed by atoms with E-state index in [0.29, 0.717) is 12.3 Å². The van der Waals surface area contributed by atoms with E-state index in [4.69, 9.17) is 5.11 Å². The molecular formula is C11H19NO3. The van der Waals surface area contributed by atoms with Gasteiger partial charge in [-0.2, -0.15) is 0 Å². The van der Waals surface area contributed by atoms with Crippen molar-refractivity contribution in [1.82, 2.24) is 5.32 Å². The fourth-order valence-electron chi connectivity index (χ4n) is 1.28. The highest BCUT2D eigenvalue weighted by Crippen LogP contribution is 2.33. The van der Waals surface area contributed by atoms with Crippen molar-refractivity contribution in [2.75, 3.05) is 0 Å². The first-order chi connectivity index (χ1) is 6.80. The van der Waals surface area contributed by atoms with Crippen molar-refractivity contribution in [2.45, 2.75) is 46.1 Å². The van der Waals surface area contributed by atoms with Crippen LogP contribution in [0.4, 0.5) is 0 Å². The minimum absolute atomic E-state index is 0.199. The number of carbonyl (C=O) groups is 2. The first kappa shape index (κ1) is 12.0. The van der Waals surface area contributed by atoms with Crippen molar-refractivity contribution < 1.29 is 14.7 Å². The Morgan fingerprint density at radius 1 is 1.40 bits per heavy atom. The Labute approximate surface area is 90.0 Å². The van der Waals surface area contributed by atoms with Crippen LogP contribution in [0.25, 0.3) is 0 Å². The van der Waals surface area contributed by atoms with E-state index in [1.165, 1.54) is 0 Å². The van der Waals surface area contributed by atoms with Crippen LogP contribution < -0.4 is 5.32 Å². The standard InChI is InChI=1S/C11H19NO3/c1-11(2,3)10(15)12-8(9(13)14)6-7-4-5-7/h7-8H,4-6H2,1-3H3,(H,12,15)(H,13,14)/t8-/m0/s1. The van der Waals surface area contributed by atoms with Crippen LogP contribution in [0, 0.1) is 11.3 Å². The van der Waals surface area contributed by atoms with E-state index in [-0.39, 0.29) is 5.91 Å². The van der Waals surface area contributed by atoms with Gasteiger partial charge in [0.15, 0.2) is 0 Å². The number of carboxylic acids is 1. The highest BCUT2D eigenvalue weighted by atomic mass is 16.4. The summed E-state index contributed by atoms with van der Waals surface area (Å²) in [7, 11) is 0. The molecule has 2 N–H and O–H groups in total. The van der Waals surface area contributed by atoms with Crippen LogP contribution in [0.3, 0.4) is 0 Å². The molecule has 1 aliphatic rings. The van der Waals surface area contributed by atoms with Gasteiger partial charge >= 0.3 is 5.97 Å². The smallest absolute Gasteiger partial charge is 0.326 e. The number of hydrogen-bond acceptors (Lipinski definition) is 2. The normalized spacial score (nSPS) is 18.3. The maximum Gasteiger partial charge on any atom is 0.326 e. The fourth-order valence-corrected chi connectivity index (χ4v) is 1.28. The largest absolute Gasteiger partial charge is 0.480 e. The van der Waals surface area contributed by atoms with Crippen LogP contribution in [0.5, 0.6) is 0 Å². The third-order valence-electron chi connectivity index (χ3n) is 2.55. The van der Waals surface area contributed by atoms with Gasteiger partial charge in [0, 0.05) is 5.41 Å². The Morgan fingerprint density at radius 2 is 1.93 bits per heavy atom. The number of amides is 1. The first-order valence-electron chi connectivity index (χ1n) is 5.34. The van der Waals surface area contributed by atoms with Crippen LogP contribution in [-0.4, -0.2) is 23.0 Å². The Hall–Kier alpha value is -1.06. The van der Waals surface area contributed by atoms with Gasteiger partial charge in [-0.15, -0.1) is 0 Å². The lowest BCUT2D eigenvalue weighted by molar-refractivity contribution is -0.143. The van der Waals surface area contributed by atoms with Crippen molar-refractivity contribution in [3.05, 3.63) is 0 Å².